The number of phosphoric acid groups is 1. The summed E-state index contributed by atoms with van der Waals surface area (Å²) in [6.45, 7) is 0.439. The minimum Gasteiger partial charge on any atom is -0.387 e. The van der Waals surface area contributed by atoms with Gasteiger partial charge in [0.25, 0.3) is 12.1 Å². The molecule has 6 N–H and O–H groups in total. The van der Waals surface area contributed by atoms with E-state index in [0.717, 1.165) is 22.8 Å². The Hall–Kier alpha value is -4.08. The Balaban J connectivity index is 0.956. The standard InChI is InChI=1S/C32H39N6O9P/c33-31(42)24-11-6-15-37(19-24)32-30(41)29(40)27(47-32)21-46-48(43,44)45-17-7-12-25-20-38(36-35-25)16-4-3-14-28(39)34-18-23-10-5-9-22-8-1-2-13-26(22)23/h1-2,5-6,8-11,13,15,19-20,27,29-30,32,40-41H,3-4,7,12,14,16-18,21H2,(H3-,33,34,39,42,43,44)/p+1/t27-,29-,30-,32-/m1/s1. The second-order valence-electron chi connectivity index (χ2n) is 11.5. The molecule has 0 saturated carbocycles. The molecular weight excluding hydrogens is 643 g/mol. The first-order valence-electron chi connectivity index (χ1n) is 15.7. The van der Waals surface area contributed by atoms with Crippen LogP contribution in [0.2, 0.25) is 0 Å². The molecular formula is C32H40N6O9P+. The number of carbonyl (C=O) groups is 2. The summed E-state index contributed by atoms with van der Waals surface area (Å²) in [7, 11) is -4.50. The van der Waals surface area contributed by atoms with Crippen molar-refractivity contribution in [2.24, 2.45) is 5.73 Å². The minimum atomic E-state index is -4.50. The molecule has 0 radical (unpaired) electrons. The highest BCUT2D eigenvalue weighted by molar-refractivity contribution is 7.47. The Labute approximate surface area is 276 Å². The van der Waals surface area contributed by atoms with Gasteiger partial charge in [0.1, 0.15) is 17.8 Å². The molecule has 1 fully saturated rings. The van der Waals surface area contributed by atoms with Crippen LogP contribution < -0.4 is 15.6 Å². The summed E-state index contributed by atoms with van der Waals surface area (Å²) in [4.78, 5) is 33.9. The minimum absolute atomic E-state index is 0.00699. The number of aromatic nitrogens is 4. The Bertz CT molecular complexity index is 1750. The Kier molecular flexibility index (Phi) is 12.0. The fourth-order valence-electron chi connectivity index (χ4n) is 5.40. The van der Waals surface area contributed by atoms with Crippen molar-refractivity contribution in [2.75, 3.05) is 13.2 Å². The first kappa shape index (κ1) is 35.2. The van der Waals surface area contributed by atoms with E-state index in [1.165, 1.54) is 29.1 Å². The van der Waals surface area contributed by atoms with Gasteiger partial charge in [-0.2, -0.15) is 4.57 Å². The van der Waals surface area contributed by atoms with E-state index in [1.54, 1.807) is 10.9 Å². The summed E-state index contributed by atoms with van der Waals surface area (Å²) in [5.74, 6) is -0.685. The highest BCUT2D eigenvalue weighted by atomic mass is 31.2. The van der Waals surface area contributed by atoms with E-state index in [0.29, 0.717) is 44.5 Å². The number of hydrogen-bond donors (Lipinski definition) is 5. The summed E-state index contributed by atoms with van der Waals surface area (Å²) >= 11 is 0. The van der Waals surface area contributed by atoms with Crippen LogP contribution in [0.5, 0.6) is 0 Å². The van der Waals surface area contributed by atoms with Crippen LogP contribution in [0.3, 0.4) is 0 Å². The van der Waals surface area contributed by atoms with E-state index in [1.807, 2.05) is 24.3 Å². The molecule has 2 aromatic carbocycles. The van der Waals surface area contributed by atoms with Gasteiger partial charge < -0.3 is 30.9 Å². The summed E-state index contributed by atoms with van der Waals surface area (Å²) in [6.07, 6.45) is 2.27. The lowest BCUT2D eigenvalue weighted by Crippen LogP contribution is -2.46. The summed E-state index contributed by atoms with van der Waals surface area (Å²) in [6, 6.07) is 17.2. The van der Waals surface area contributed by atoms with E-state index >= 15 is 0 Å². The number of fused-ring (bicyclic) bond motifs is 1. The number of nitrogens with two attached hydrogens (primary N) is 1. The number of rotatable bonds is 17. The number of aryl methyl sites for hydroxylation is 2. The average Bonchev–Trinajstić information content (AvgIpc) is 3.66. The first-order chi connectivity index (χ1) is 23.1. The number of aliphatic hydroxyl groups is 2. The van der Waals surface area contributed by atoms with Crippen molar-refractivity contribution >= 4 is 30.4 Å². The van der Waals surface area contributed by atoms with Gasteiger partial charge in [0, 0.05) is 31.8 Å². The summed E-state index contributed by atoms with van der Waals surface area (Å²) in [5, 5.41) is 34.3. The van der Waals surface area contributed by atoms with Gasteiger partial charge in [-0.1, -0.05) is 47.7 Å². The number of primary amides is 1. The van der Waals surface area contributed by atoms with E-state index in [2.05, 4.69) is 33.8 Å². The average molecular weight is 684 g/mol. The van der Waals surface area contributed by atoms with E-state index in [-0.39, 0.29) is 18.1 Å². The smallest absolute Gasteiger partial charge is 0.387 e. The predicted octanol–water partition coefficient (Wildman–Crippen LogP) is 1.69. The molecule has 1 saturated heterocycles. The Morgan fingerprint density at radius 3 is 2.69 bits per heavy atom. The Morgan fingerprint density at radius 2 is 1.85 bits per heavy atom. The number of nitrogens with one attached hydrogen (secondary N) is 1. The maximum Gasteiger partial charge on any atom is 0.472 e. The molecule has 1 unspecified atom stereocenters. The molecule has 15 nitrogen and oxygen atoms in total. The van der Waals surface area contributed by atoms with Crippen LogP contribution in [0.25, 0.3) is 10.8 Å². The predicted molar refractivity (Wildman–Crippen MR) is 171 cm³/mol. The van der Waals surface area contributed by atoms with Gasteiger partial charge in [-0.25, -0.2) is 4.57 Å². The molecule has 0 bridgehead atoms. The quantitative estimate of drug-likeness (QED) is 0.0614. The number of carbonyl (C=O) groups excluding carboxylic acids is 2. The molecule has 2 aromatic heterocycles. The molecule has 3 heterocycles. The van der Waals surface area contributed by atoms with Gasteiger partial charge in [0.15, 0.2) is 18.5 Å². The highest BCUT2D eigenvalue weighted by Gasteiger charge is 2.49. The number of hydrogen-bond acceptors (Lipinski definition) is 10. The molecule has 1 aliphatic heterocycles. The fourth-order valence-corrected chi connectivity index (χ4v) is 6.17. The molecule has 2 amide bonds. The number of aliphatic hydroxyl groups excluding tert-OH is 2. The van der Waals surface area contributed by atoms with Crippen LogP contribution in [0.15, 0.2) is 73.2 Å². The van der Waals surface area contributed by atoms with E-state index in [9.17, 15) is 29.3 Å². The Morgan fingerprint density at radius 1 is 1.04 bits per heavy atom. The molecule has 5 atom stereocenters. The molecule has 1 aliphatic rings. The summed E-state index contributed by atoms with van der Waals surface area (Å²) < 4.78 is 31.2. The monoisotopic (exact) mass is 683 g/mol. The lowest BCUT2D eigenvalue weighted by Gasteiger charge is -2.16. The van der Waals surface area contributed by atoms with Crippen molar-refractivity contribution in [3.63, 3.8) is 0 Å². The van der Waals surface area contributed by atoms with Crippen LogP contribution in [0, 0.1) is 0 Å². The summed E-state index contributed by atoms with van der Waals surface area (Å²) in [5.41, 5.74) is 7.23. The molecule has 48 heavy (non-hydrogen) atoms. The number of benzene rings is 2. The van der Waals surface area contributed by atoms with Crippen LogP contribution in [-0.4, -0.2) is 73.4 Å². The van der Waals surface area contributed by atoms with Crippen molar-refractivity contribution in [1.82, 2.24) is 20.3 Å². The largest absolute Gasteiger partial charge is 0.472 e. The molecule has 4 aromatic rings. The van der Waals surface area contributed by atoms with Crippen molar-refractivity contribution in [3.05, 3.63) is 90.0 Å². The number of unbranched alkanes of at least 4 members (excludes halogenated alkanes) is 1. The third kappa shape index (κ3) is 9.51. The maximum absolute atomic E-state index is 12.4. The zero-order valence-electron chi connectivity index (χ0n) is 26.2. The number of pyridine rings is 1. The van der Waals surface area contributed by atoms with E-state index in [4.69, 9.17) is 19.5 Å². The molecule has 16 heteroatoms. The van der Waals surface area contributed by atoms with E-state index < -0.39 is 44.9 Å². The van der Waals surface area contributed by atoms with Crippen molar-refractivity contribution in [3.8, 4) is 0 Å². The zero-order chi connectivity index (χ0) is 34.1. The lowest BCUT2D eigenvalue weighted by molar-refractivity contribution is -0.765. The number of phosphoric ester groups is 1. The van der Waals surface area contributed by atoms with Gasteiger partial charge in [0.2, 0.25) is 5.91 Å². The van der Waals surface area contributed by atoms with Crippen LogP contribution >= 0.6 is 7.82 Å². The maximum atomic E-state index is 12.4. The molecule has 256 valence electrons. The second-order valence-corrected chi connectivity index (χ2v) is 13.0. The van der Waals surface area contributed by atoms with Gasteiger partial charge >= 0.3 is 7.82 Å². The van der Waals surface area contributed by atoms with Gasteiger partial charge in [-0.15, -0.1) is 5.10 Å². The number of ether oxygens (including phenoxy) is 1. The number of amides is 2. The van der Waals surface area contributed by atoms with Gasteiger partial charge in [-0.05, 0) is 48.1 Å². The SMILES string of the molecule is NC(=O)c1ccc[n+]([C@@H]2O[C@H](COP(=O)(O)OCCCc3cn(CCCCC(=O)NCc4cccc5ccccc45)nn3)[C@@H](O)[C@H]2O)c1. The second kappa shape index (κ2) is 16.3. The zero-order valence-corrected chi connectivity index (χ0v) is 27.1. The first-order valence-corrected chi connectivity index (χ1v) is 17.2. The van der Waals surface area contributed by atoms with Crippen molar-refractivity contribution < 1.29 is 47.6 Å². The highest BCUT2D eigenvalue weighted by Crippen LogP contribution is 2.44. The van der Waals surface area contributed by atoms with Crippen molar-refractivity contribution in [1.29, 1.82) is 0 Å². The number of nitrogens with zero attached hydrogens (tertiary/aromatic N) is 4. The van der Waals surface area contributed by atoms with Crippen LogP contribution in [0.4, 0.5) is 0 Å². The normalized spacial score (nSPS) is 20.5. The molecule has 0 aliphatic carbocycles. The van der Waals surface area contributed by atoms with Gasteiger partial charge in [-0.3, -0.25) is 23.3 Å². The van der Waals surface area contributed by atoms with Gasteiger partial charge in [0.05, 0.1) is 18.9 Å². The van der Waals surface area contributed by atoms with Crippen molar-refractivity contribution in [2.45, 2.75) is 69.7 Å². The molecule has 5 rings (SSSR count). The lowest BCUT2D eigenvalue weighted by atomic mass is 10.0. The topological polar surface area (TPSA) is 212 Å². The van der Waals surface area contributed by atoms with Crippen LogP contribution in [0.1, 0.15) is 53.5 Å². The fraction of sp³-hybridized carbons (Fsp3) is 0.406. The molecule has 0 spiro atoms. The third-order valence-electron chi connectivity index (χ3n) is 7.95. The van der Waals surface area contributed by atoms with Crippen LogP contribution in [-0.2, 0) is 42.7 Å². The third-order valence-corrected chi connectivity index (χ3v) is 8.94.